The molecule has 94 valence electrons. The van der Waals surface area contributed by atoms with Crippen molar-refractivity contribution >= 4 is 5.69 Å². The standard InChI is InChI=1S/C14H21FN2/c1-3-12-10-17(8-4-7-16-12)14-6-5-11(2)9-13(14)15/h5-6,9,12,16H,3-4,7-8,10H2,1-2H3. The zero-order valence-corrected chi connectivity index (χ0v) is 10.7. The zero-order valence-electron chi connectivity index (χ0n) is 10.7. The highest BCUT2D eigenvalue weighted by atomic mass is 19.1. The van der Waals surface area contributed by atoms with Gasteiger partial charge in [0.15, 0.2) is 0 Å². The van der Waals surface area contributed by atoms with Gasteiger partial charge in [-0.15, -0.1) is 0 Å². The van der Waals surface area contributed by atoms with Crippen LogP contribution in [-0.2, 0) is 0 Å². The summed E-state index contributed by atoms with van der Waals surface area (Å²) in [5.41, 5.74) is 1.73. The van der Waals surface area contributed by atoms with Gasteiger partial charge in [-0.3, -0.25) is 0 Å². The Morgan fingerprint density at radius 3 is 3.00 bits per heavy atom. The second-order valence-electron chi connectivity index (χ2n) is 4.81. The molecule has 2 rings (SSSR count). The highest BCUT2D eigenvalue weighted by Gasteiger charge is 2.18. The topological polar surface area (TPSA) is 15.3 Å². The highest BCUT2D eigenvalue weighted by molar-refractivity contribution is 5.49. The van der Waals surface area contributed by atoms with Crippen LogP contribution in [0.2, 0.25) is 0 Å². The van der Waals surface area contributed by atoms with Crippen molar-refractivity contribution in [3.63, 3.8) is 0 Å². The molecule has 0 spiro atoms. The van der Waals surface area contributed by atoms with Gasteiger partial charge in [0.05, 0.1) is 5.69 Å². The number of nitrogens with one attached hydrogen (secondary N) is 1. The summed E-state index contributed by atoms with van der Waals surface area (Å²) >= 11 is 0. The number of anilines is 1. The second kappa shape index (κ2) is 5.50. The Morgan fingerprint density at radius 2 is 2.29 bits per heavy atom. The average molecular weight is 236 g/mol. The van der Waals surface area contributed by atoms with Gasteiger partial charge in [0, 0.05) is 19.1 Å². The molecule has 0 aromatic heterocycles. The van der Waals surface area contributed by atoms with Crippen LogP contribution < -0.4 is 10.2 Å². The van der Waals surface area contributed by atoms with Gasteiger partial charge in [-0.05, 0) is 44.0 Å². The maximum Gasteiger partial charge on any atom is 0.146 e. The van der Waals surface area contributed by atoms with E-state index in [9.17, 15) is 4.39 Å². The van der Waals surface area contributed by atoms with Crippen LogP contribution in [0, 0.1) is 12.7 Å². The highest BCUT2D eigenvalue weighted by Crippen LogP contribution is 2.22. The van der Waals surface area contributed by atoms with Crippen LogP contribution in [0.1, 0.15) is 25.3 Å². The van der Waals surface area contributed by atoms with Crippen molar-refractivity contribution in [2.24, 2.45) is 0 Å². The van der Waals surface area contributed by atoms with Crippen LogP contribution in [0.5, 0.6) is 0 Å². The molecule has 1 atom stereocenters. The van der Waals surface area contributed by atoms with Crippen molar-refractivity contribution < 1.29 is 4.39 Å². The lowest BCUT2D eigenvalue weighted by atomic mass is 10.1. The molecule has 2 nitrogen and oxygen atoms in total. The average Bonchev–Trinajstić information content (AvgIpc) is 2.54. The summed E-state index contributed by atoms with van der Waals surface area (Å²) < 4.78 is 13.9. The van der Waals surface area contributed by atoms with Crippen LogP contribution in [-0.4, -0.2) is 25.7 Å². The van der Waals surface area contributed by atoms with Crippen molar-refractivity contribution in [1.82, 2.24) is 5.32 Å². The lowest BCUT2D eigenvalue weighted by molar-refractivity contribution is 0.525. The second-order valence-corrected chi connectivity index (χ2v) is 4.81. The van der Waals surface area contributed by atoms with E-state index in [2.05, 4.69) is 17.1 Å². The van der Waals surface area contributed by atoms with Crippen molar-refractivity contribution in [1.29, 1.82) is 0 Å². The molecule has 0 saturated carbocycles. The lowest BCUT2D eigenvalue weighted by Gasteiger charge is -2.26. The van der Waals surface area contributed by atoms with Gasteiger partial charge in [-0.25, -0.2) is 4.39 Å². The van der Waals surface area contributed by atoms with E-state index in [1.807, 2.05) is 19.1 Å². The SMILES string of the molecule is CCC1CN(c2ccc(C)cc2F)CCCN1. The first-order valence-electron chi connectivity index (χ1n) is 6.45. The first-order chi connectivity index (χ1) is 8.20. The van der Waals surface area contributed by atoms with Gasteiger partial charge < -0.3 is 10.2 Å². The number of halogens is 1. The maximum absolute atomic E-state index is 13.9. The van der Waals surface area contributed by atoms with Crippen LogP contribution in [0.25, 0.3) is 0 Å². The molecule has 1 unspecified atom stereocenters. The van der Waals surface area contributed by atoms with E-state index in [4.69, 9.17) is 0 Å². The molecule has 0 amide bonds. The van der Waals surface area contributed by atoms with E-state index in [1.165, 1.54) is 0 Å². The van der Waals surface area contributed by atoms with Crippen molar-refractivity contribution in [3.8, 4) is 0 Å². The van der Waals surface area contributed by atoms with Crippen molar-refractivity contribution in [3.05, 3.63) is 29.6 Å². The third-order valence-corrected chi connectivity index (χ3v) is 3.42. The molecule has 1 aliphatic heterocycles. The third-order valence-electron chi connectivity index (χ3n) is 3.42. The van der Waals surface area contributed by atoms with Crippen molar-refractivity contribution in [2.45, 2.75) is 32.7 Å². The molecule has 1 heterocycles. The fraction of sp³-hybridized carbons (Fsp3) is 0.571. The predicted octanol–water partition coefficient (Wildman–Crippen LogP) is 2.71. The summed E-state index contributed by atoms with van der Waals surface area (Å²) in [6.07, 6.45) is 2.16. The maximum atomic E-state index is 13.9. The number of aryl methyl sites for hydroxylation is 1. The normalized spacial score (nSPS) is 21.4. The van der Waals surface area contributed by atoms with Gasteiger partial charge in [0.2, 0.25) is 0 Å². The Morgan fingerprint density at radius 1 is 1.47 bits per heavy atom. The summed E-state index contributed by atoms with van der Waals surface area (Å²) in [5, 5.41) is 3.50. The minimum Gasteiger partial charge on any atom is -0.368 e. The molecule has 1 aromatic rings. The Bertz CT molecular complexity index is 378. The minimum absolute atomic E-state index is 0.0956. The molecule has 1 N–H and O–H groups in total. The molecule has 0 radical (unpaired) electrons. The molecule has 3 heteroatoms. The summed E-state index contributed by atoms with van der Waals surface area (Å²) in [6, 6.07) is 5.98. The Kier molecular flexibility index (Phi) is 4.00. The van der Waals surface area contributed by atoms with Crippen LogP contribution >= 0.6 is 0 Å². The fourth-order valence-electron chi connectivity index (χ4n) is 2.36. The third kappa shape index (κ3) is 2.97. The molecule has 17 heavy (non-hydrogen) atoms. The quantitative estimate of drug-likeness (QED) is 0.849. The van der Waals surface area contributed by atoms with Crippen LogP contribution in [0.4, 0.5) is 10.1 Å². The van der Waals surface area contributed by atoms with E-state index in [1.54, 1.807) is 6.07 Å². The zero-order chi connectivity index (χ0) is 12.3. The van der Waals surface area contributed by atoms with E-state index in [0.717, 1.165) is 43.7 Å². The van der Waals surface area contributed by atoms with E-state index >= 15 is 0 Å². The first kappa shape index (κ1) is 12.4. The number of rotatable bonds is 2. The molecule has 1 aromatic carbocycles. The van der Waals surface area contributed by atoms with Gasteiger partial charge in [0.25, 0.3) is 0 Å². The van der Waals surface area contributed by atoms with Gasteiger partial charge >= 0.3 is 0 Å². The van der Waals surface area contributed by atoms with Gasteiger partial charge in [0.1, 0.15) is 5.82 Å². The van der Waals surface area contributed by atoms with Crippen LogP contribution in [0.3, 0.4) is 0 Å². The molecule has 1 saturated heterocycles. The number of hydrogen-bond donors (Lipinski definition) is 1. The van der Waals surface area contributed by atoms with Gasteiger partial charge in [-0.2, -0.15) is 0 Å². The lowest BCUT2D eigenvalue weighted by Crippen LogP contribution is -2.37. The molecule has 0 bridgehead atoms. The largest absolute Gasteiger partial charge is 0.368 e. The van der Waals surface area contributed by atoms with Gasteiger partial charge in [-0.1, -0.05) is 13.0 Å². The Hall–Kier alpha value is -1.09. The van der Waals surface area contributed by atoms with E-state index < -0.39 is 0 Å². The molecule has 0 aliphatic carbocycles. The molecular weight excluding hydrogens is 215 g/mol. The smallest absolute Gasteiger partial charge is 0.146 e. The summed E-state index contributed by atoms with van der Waals surface area (Å²) in [4.78, 5) is 2.17. The minimum atomic E-state index is -0.0956. The molecule has 1 aliphatic rings. The Balaban J connectivity index is 2.19. The number of benzene rings is 1. The molecular formula is C14H21FN2. The first-order valence-corrected chi connectivity index (χ1v) is 6.45. The summed E-state index contributed by atoms with van der Waals surface area (Å²) in [7, 11) is 0. The summed E-state index contributed by atoms with van der Waals surface area (Å²) in [6.45, 7) is 6.96. The van der Waals surface area contributed by atoms with E-state index in [0.29, 0.717) is 6.04 Å². The van der Waals surface area contributed by atoms with E-state index in [-0.39, 0.29) is 5.82 Å². The number of nitrogens with zero attached hydrogens (tertiary/aromatic N) is 1. The summed E-state index contributed by atoms with van der Waals surface area (Å²) in [5.74, 6) is -0.0956. The Labute approximate surface area is 103 Å². The fourth-order valence-corrected chi connectivity index (χ4v) is 2.36. The predicted molar refractivity (Wildman–Crippen MR) is 70.0 cm³/mol. The molecule has 1 fully saturated rings. The number of hydrogen-bond acceptors (Lipinski definition) is 2. The van der Waals surface area contributed by atoms with Crippen molar-refractivity contribution in [2.75, 3.05) is 24.5 Å². The van der Waals surface area contributed by atoms with Crippen LogP contribution in [0.15, 0.2) is 18.2 Å². The monoisotopic (exact) mass is 236 g/mol.